The molecule has 1 atom stereocenters. The third-order valence-electron chi connectivity index (χ3n) is 3.56. The van der Waals surface area contributed by atoms with Gasteiger partial charge in [-0.3, -0.25) is 4.79 Å². The van der Waals surface area contributed by atoms with Crippen molar-refractivity contribution in [1.82, 2.24) is 0 Å². The Morgan fingerprint density at radius 1 is 1.53 bits per heavy atom. The van der Waals surface area contributed by atoms with Gasteiger partial charge in [0.05, 0.1) is 0 Å². The molecule has 1 aliphatic rings. The van der Waals surface area contributed by atoms with Crippen molar-refractivity contribution in [3.63, 3.8) is 0 Å². The highest BCUT2D eigenvalue weighted by atomic mass is 16.5. The Morgan fingerprint density at radius 2 is 2.32 bits per heavy atom. The highest BCUT2D eigenvalue weighted by Crippen LogP contribution is 2.31. The molecule has 1 unspecified atom stereocenters. The Kier molecular flexibility index (Phi) is 4.43. The number of benzene rings is 1. The molecule has 104 valence electrons. The standard InChI is InChI=1S/C15H22N2O2/c1-11(10-19-2)9-15(18)17-8-4-5-12-13(16)6-3-7-14(12)17/h3,6-7,11H,4-5,8-10,16H2,1-2H3. The van der Waals surface area contributed by atoms with Gasteiger partial charge in [-0.1, -0.05) is 13.0 Å². The molecular formula is C15H22N2O2. The van der Waals surface area contributed by atoms with Gasteiger partial charge < -0.3 is 15.4 Å². The van der Waals surface area contributed by atoms with Gasteiger partial charge >= 0.3 is 0 Å². The van der Waals surface area contributed by atoms with E-state index < -0.39 is 0 Å². The molecule has 1 heterocycles. The quantitative estimate of drug-likeness (QED) is 0.846. The summed E-state index contributed by atoms with van der Waals surface area (Å²) in [7, 11) is 1.66. The molecule has 0 saturated carbocycles. The van der Waals surface area contributed by atoms with E-state index in [9.17, 15) is 4.79 Å². The van der Waals surface area contributed by atoms with Crippen molar-refractivity contribution >= 4 is 17.3 Å². The minimum absolute atomic E-state index is 0.163. The fourth-order valence-electron chi connectivity index (χ4n) is 2.66. The Hall–Kier alpha value is -1.55. The first-order chi connectivity index (χ1) is 9.13. The first-order valence-corrected chi connectivity index (χ1v) is 6.80. The topological polar surface area (TPSA) is 55.6 Å². The summed E-state index contributed by atoms with van der Waals surface area (Å²) < 4.78 is 5.09. The van der Waals surface area contributed by atoms with E-state index in [1.165, 1.54) is 0 Å². The maximum atomic E-state index is 12.4. The van der Waals surface area contributed by atoms with Crippen LogP contribution in [0.5, 0.6) is 0 Å². The number of hydrogen-bond donors (Lipinski definition) is 1. The number of nitrogens with zero attached hydrogens (tertiary/aromatic N) is 1. The number of amides is 1. The Labute approximate surface area is 114 Å². The zero-order valence-electron chi connectivity index (χ0n) is 11.7. The average molecular weight is 262 g/mol. The maximum absolute atomic E-state index is 12.4. The van der Waals surface area contributed by atoms with Crippen molar-refractivity contribution in [2.24, 2.45) is 5.92 Å². The van der Waals surface area contributed by atoms with Crippen LogP contribution in [0.15, 0.2) is 18.2 Å². The van der Waals surface area contributed by atoms with Gasteiger partial charge in [0.2, 0.25) is 5.91 Å². The van der Waals surface area contributed by atoms with E-state index in [1.54, 1.807) is 7.11 Å². The van der Waals surface area contributed by atoms with Crippen molar-refractivity contribution in [2.75, 3.05) is 30.9 Å². The van der Waals surface area contributed by atoms with Gasteiger partial charge in [-0.2, -0.15) is 0 Å². The van der Waals surface area contributed by atoms with Crippen LogP contribution in [0.1, 0.15) is 25.3 Å². The molecule has 1 aliphatic heterocycles. The number of nitrogens with two attached hydrogens (primary N) is 1. The summed E-state index contributed by atoms with van der Waals surface area (Å²) >= 11 is 0. The SMILES string of the molecule is COCC(C)CC(=O)N1CCCc2c(N)cccc21. The fraction of sp³-hybridized carbons (Fsp3) is 0.533. The molecule has 0 spiro atoms. The lowest BCUT2D eigenvalue weighted by molar-refractivity contribution is -0.119. The number of carbonyl (C=O) groups excluding carboxylic acids is 1. The maximum Gasteiger partial charge on any atom is 0.227 e. The van der Waals surface area contributed by atoms with Crippen LogP contribution in [0.25, 0.3) is 0 Å². The molecule has 0 aromatic heterocycles. The van der Waals surface area contributed by atoms with Crippen LogP contribution in [0.4, 0.5) is 11.4 Å². The highest BCUT2D eigenvalue weighted by Gasteiger charge is 2.24. The first-order valence-electron chi connectivity index (χ1n) is 6.80. The van der Waals surface area contributed by atoms with E-state index in [4.69, 9.17) is 10.5 Å². The molecule has 0 radical (unpaired) electrons. The van der Waals surface area contributed by atoms with E-state index in [-0.39, 0.29) is 11.8 Å². The third-order valence-corrected chi connectivity index (χ3v) is 3.56. The number of carbonyl (C=O) groups is 1. The minimum atomic E-state index is 0.163. The van der Waals surface area contributed by atoms with Crippen LogP contribution < -0.4 is 10.6 Å². The van der Waals surface area contributed by atoms with Gasteiger partial charge in [-0.25, -0.2) is 0 Å². The average Bonchev–Trinajstić information content (AvgIpc) is 2.38. The molecule has 1 aromatic rings. The zero-order valence-corrected chi connectivity index (χ0v) is 11.7. The van der Waals surface area contributed by atoms with Gasteiger partial charge in [-0.15, -0.1) is 0 Å². The normalized spacial score (nSPS) is 16.0. The number of fused-ring (bicyclic) bond motifs is 1. The molecular weight excluding hydrogens is 240 g/mol. The molecule has 0 fully saturated rings. The van der Waals surface area contributed by atoms with Crippen LogP contribution in [-0.2, 0) is 16.0 Å². The van der Waals surface area contributed by atoms with E-state index in [2.05, 4.69) is 0 Å². The van der Waals surface area contributed by atoms with Gasteiger partial charge in [0.15, 0.2) is 0 Å². The van der Waals surface area contributed by atoms with Crippen LogP contribution >= 0.6 is 0 Å². The number of hydrogen-bond acceptors (Lipinski definition) is 3. The van der Waals surface area contributed by atoms with Gasteiger partial charge in [0.25, 0.3) is 0 Å². The molecule has 2 rings (SSSR count). The zero-order chi connectivity index (χ0) is 13.8. The Balaban J connectivity index is 2.15. The smallest absolute Gasteiger partial charge is 0.227 e. The molecule has 4 heteroatoms. The molecule has 0 bridgehead atoms. The van der Waals surface area contributed by atoms with Gasteiger partial charge in [0, 0.05) is 38.1 Å². The monoisotopic (exact) mass is 262 g/mol. The molecule has 1 amide bonds. The van der Waals surface area contributed by atoms with Crippen LogP contribution in [-0.4, -0.2) is 26.2 Å². The second-order valence-corrected chi connectivity index (χ2v) is 5.26. The summed E-state index contributed by atoms with van der Waals surface area (Å²) in [4.78, 5) is 14.3. The third kappa shape index (κ3) is 3.07. The van der Waals surface area contributed by atoms with Crippen LogP contribution in [0, 0.1) is 5.92 Å². The summed E-state index contributed by atoms with van der Waals surface area (Å²) in [6.07, 6.45) is 2.45. The first kappa shape index (κ1) is 13.9. The summed E-state index contributed by atoms with van der Waals surface area (Å²) in [5.74, 6) is 0.403. The highest BCUT2D eigenvalue weighted by molar-refractivity contribution is 5.95. The number of ether oxygens (including phenoxy) is 1. The lowest BCUT2D eigenvalue weighted by atomic mass is 9.98. The van der Waals surface area contributed by atoms with E-state index in [0.29, 0.717) is 13.0 Å². The van der Waals surface area contributed by atoms with Crippen LogP contribution in [0.2, 0.25) is 0 Å². The van der Waals surface area contributed by atoms with E-state index in [1.807, 2.05) is 30.0 Å². The van der Waals surface area contributed by atoms with Crippen molar-refractivity contribution in [3.05, 3.63) is 23.8 Å². The summed E-state index contributed by atoms with van der Waals surface area (Å²) in [6, 6.07) is 5.81. The van der Waals surface area contributed by atoms with Crippen molar-refractivity contribution in [2.45, 2.75) is 26.2 Å². The number of methoxy groups -OCH3 is 1. The number of anilines is 2. The van der Waals surface area contributed by atoms with E-state index in [0.717, 1.165) is 36.3 Å². The predicted molar refractivity (Wildman–Crippen MR) is 77.2 cm³/mol. The molecule has 1 aromatic carbocycles. The minimum Gasteiger partial charge on any atom is -0.398 e. The lowest BCUT2D eigenvalue weighted by Crippen LogP contribution is -2.36. The van der Waals surface area contributed by atoms with Gasteiger partial charge in [0.1, 0.15) is 0 Å². The number of nitrogen functional groups attached to an aromatic ring is 1. The number of rotatable bonds is 4. The summed E-state index contributed by atoms with van der Waals surface area (Å²) in [5, 5.41) is 0. The second kappa shape index (κ2) is 6.06. The molecule has 19 heavy (non-hydrogen) atoms. The fourth-order valence-corrected chi connectivity index (χ4v) is 2.66. The molecule has 2 N–H and O–H groups in total. The Morgan fingerprint density at radius 3 is 3.05 bits per heavy atom. The van der Waals surface area contributed by atoms with Crippen molar-refractivity contribution < 1.29 is 9.53 Å². The van der Waals surface area contributed by atoms with Crippen molar-refractivity contribution in [1.29, 1.82) is 0 Å². The van der Waals surface area contributed by atoms with Gasteiger partial charge in [-0.05, 0) is 36.5 Å². The molecule has 4 nitrogen and oxygen atoms in total. The molecule has 0 aliphatic carbocycles. The predicted octanol–water partition coefficient (Wildman–Crippen LogP) is 2.22. The largest absolute Gasteiger partial charge is 0.398 e. The lowest BCUT2D eigenvalue weighted by Gasteiger charge is -2.31. The summed E-state index contributed by atoms with van der Waals surface area (Å²) in [6.45, 7) is 3.43. The summed E-state index contributed by atoms with van der Waals surface area (Å²) in [5.41, 5.74) is 8.89. The van der Waals surface area contributed by atoms with Crippen molar-refractivity contribution in [3.8, 4) is 0 Å². The molecule has 0 saturated heterocycles. The second-order valence-electron chi connectivity index (χ2n) is 5.26. The van der Waals surface area contributed by atoms with Crippen LogP contribution in [0.3, 0.4) is 0 Å². The van der Waals surface area contributed by atoms with E-state index >= 15 is 0 Å². The Bertz CT molecular complexity index is 459.